The first kappa shape index (κ1) is 19.1. The van der Waals surface area contributed by atoms with Gasteiger partial charge in [-0.05, 0) is 40.1 Å². The van der Waals surface area contributed by atoms with E-state index in [4.69, 9.17) is 0 Å². The van der Waals surface area contributed by atoms with E-state index in [9.17, 15) is 4.79 Å². The molecule has 0 saturated carbocycles. The predicted octanol–water partition coefficient (Wildman–Crippen LogP) is 4.86. The second-order valence-electron chi connectivity index (χ2n) is 6.25. The van der Waals surface area contributed by atoms with E-state index in [0.717, 1.165) is 27.8 Å². The van der Waals surface area contributed by atoms with E-state index in [1.165, 1.54) is 0 Å². The van der Waals surface area contributed by atoms with Gasteiger partial charge in [-0.1, -0.05) is 60.7 Å². The smallest absolute Gasteiger partial charge is 0.254 e. The van der Waals surface area contributed by atoms with Crippen molar-refractivity contribution in [1.82, 2.24) is 14.7 Å². The number of carbonyl (C=O) groups excluding carboxylic acids is 1. The fourth-order valence-electron chi connectivity index (χ4n) is 2.92. The van der Waals surface area contributed by atoms with E-state index in [1.54, 1.807) is 11.1 Å². The van der Waals surface area contributed by atoms with Crippen LogP contribution >= 0.6 is 15.9 Å². The number of carbonyl (C=O) groups is 1. The van der Waals surface area contributed by atoms with Gasteiger partial charge >= 0.3 is 0 Å². The minimum Gasteiger partial charge on any atom is -0.336 e. The van der Waals surface area contributed by atoms with Crippen LogP contribution in [0.5, 0.6) is 0 Å². The zero-order chi connectivity index (χ0) is 19.2. The summed E-state index contributed by atoms with van der Waals surface area (Å²) in [4.78, 5) is 15.0. The van der Waals surface area contributed by atoms with E-state index < -0.39 is 0 Å². The molecule has 0 atom stereocenters. The molecule has 0 unspecified atom stereocenters. The summed E-state index contributed by atoms with van der Waals surface area (Å²) in [5.41, 5.74) is 3.56. The first-order valence-corrected chi connectivity index (χ1v) is 9.67. The van der Waals surface area contributed by atoms with Crippen LogP contribution in [0.4, 0.5) is 0 Å². The van der Waals surface area contributed by atoms with Crippen molar-refractivity contribution in [1.29, 1.82) is 0 Å². The quantitative estimate of drug-likeness (QED) is 0.419. The Kier molecular flexibility index (Phi) is 6.24. The van der Waals surface area contributed by atoms with E-state index in [2.05, 4.69) is 21.0 Å². The van der Waals surface area contributed by atoms with Crippen LogP contribution < -0.4 is 0 Å². The number of amides is 1. The molecule has 4 nitrogen and oxygen atoms in total. The van der Waals surface area contributed by atoms with E-state index in [1.807, 2.05) is 85.4 Å². The average Bonchev–Trinajstić information content (AvgIpc) is 3.06. The summed E-state index contributed by atoms with van der Waals surface area (Å²) in [6, 6.07) is 19.7. The van der Waals surface area contributed by atoms with Gasteiger partial charge in [0.15, 0.2) is 0 Å². The summed E-state index contributed by atoms with van der Waals surface area (Å²) in [6.45, 7) is 3.27. The van der Waals surface area contributed by atoms with E-state index in [0.29, 0.717) is 12.1 Å². The first-order chi connectivity index (χ1) is 13.1. The van der Waals surface area contributed by atoms with Crippen LogP contribution in [-0.4, -0.2) is 27.6 Å². The molecule has 138 valence electrons. The maximum Gasteiger partial charge on any atom is 0.254 e. The number of hydrogen-bond donors (Lipinski definition) is 0. The molecular formula is C22H22BrN3O. The number of aryl methyl sites for hydroxylation is 1. The molecule has 3 aromatic rings. The van der Waals surface area contributed by atoms with Crippen molar-refractivity contribution in [2.45, 2.75) is 20.0 Å². The second kappa shape index (κ2) is 8.82. The van der Waals surface area contributed by atoms with Crippen molar-refractivity contribution in [3.63, 3.8) is 0 Å². The zero-order valence-electron chi connectivity index (χ0n) is 15.5. The van der Waals surface area contributed by atoms with Gasteiger partial charge in [-0.3, -0.25) is 9.48 Å². The highest BCUT2D eigenvalue weighted by Crippen LogP contribution is 2.23. The van der Waals surface area contributed by atoms with Gasteiger partial charge < -0.3 is 4.90 Å². The van der Waals surface area contributed by atoms with Gasteiger partial charge in [0.1, 0.15) is 0 Å². The van der Waals surface area contributed by atoms with Crippen LogP contribution in [0.25, 0.3) is 11.6 Å². The number of benzene rings is 2. The highest BCUT2D eigenvalue weighted by molar-refractivity contribution is 9.10. The molecule has 0 fully saturated rings. The van der Waals surface area contributed by atoms with Crippen molar-refractivity contribution >= 4 is 33.5 Å². The average molecular weight is 424 g/mol. The van der Waals surface area contributed by atoms with Crippen LogP contribution in [0.15, 0.2) is 71.3 Å². The van der Waals surface area contributed by atoms with Crippen LogP contribution in [0.2, 0.25) is 0 Å². The summed E-state index contributed by atoms with van der Waals surface area (Å²) >= 11 is 3.54. The van der Waals surface area contributed by atoms with E-state index in [-0.39, 0.29) is 5.91 Å². The molecule has 1 heterocycles. The lowest BCUT2D eigenvalue weighted by atomic mass is 10.0. The fraction of sp³-hybridized carbons (Fsp3) is 0.182. The van der Waals surface area contributed by atoms with Crippen molar-refractivity contribution in [3.8, 4) is 0 Å². The van der Waals surface area contributed by atoms with Crippen LogP contribution in [0.1, 0.15) is 23.7 Å². The topological polar surface area (TPSA) is 38.1 Å². The van der Waals surface area contributed by atoms with Gasteiger partial charge in [0.2, 0.25) is 0 Å². The van der Waals surface area contributed by atoms with Crippen molar-refractivity contribution < 1.29 is 4.79 Å². The molecule has 3 rings (SSSR count). The van der Waals surface area contributed by atoms with Gasteiger partial charge in [0, 0.05) is 19.2 Å². The monoisotopic (exact) mass is 423 g/mol. The summed E-state index contributed by atoms with van der Waals surface area (Å²) in [5, 5.41) is 4.33. The number of aromatic nitrogens is 2. The molecule has 2 aromatic carbocycles. The summed E-state index contributed by atoms with van der Waals surface area (Å²) < 4.78 is 2.81. The van der Waals surface area contributed by atoms with Gasteiger partial charge in [-0.25, -0.2) is 0 Å². The third kappa shape index (κ3) is 4.55. The minimum atomic E-state index is -0.0270. The second-order valence-corrected chi connectivity index (χ2v) is 7.11. The Bertz CT molecular complexity index is 933. The molecular weight excluding hydrogens is 402 g/mol. The molecule has 0 aliphatic heterocycles. The molecule has 0 spiro atoms. The number of hydrogen-bond acceptors (Lipinski definition) is 2. The van der Waals surface area contributed by atoms with Crippen LogP contribution in [-0.2, 0) is 17.9 Å². The molecule has 0 aliphatic rings. The van der Waals surface area contributed by atoms with Gasteiger partial charge in [-0.2, -0.15) is 5.10 Å². The lowest BCUT2D eigenvalue weighted by Crippen LogP contribution is -2.28. The third-order valence-corrected chi connectivity index (χ3v) is 5.02. The zero-order valence-corrected chi connectivity index (χ0v) is 17.1. The Morgan fingerprint density at radius 1 is 1.11 bits per heavy atom. The van der Waals surface area contributed by atoms with Crippen molar-refractivity contribution in [2.24, 2.45) is 0 Å². The number of likely N-dealkylation sites (N-methyl/N-ethyl adjacent to an activating group) is 1. The number of halogens is 1. The molecule has 5 heteroatoms. The predicted molar refractivity (Wildman–Crippen MR) is 113 cm³/mol. The van der Waals surface area contributed by atoms with Crippen LogP contribution in [0.3, 0.4) is 0 Å². The van der Waals surface area contributed by atoms with Crippen molar-refractivity contribution in [2.75, 3.05) is 7.05 Å². The maximum atomic E-state index is 13.3. The lowest BCUT2D eigenvalue weighted by Gasteiger charge is -2.20. The minimum absolute atomic E-state index is 0.0270. The maximum absolute atomic E-state index is 13.3. The standard InChI is InChI=1S/C22H22BrN3O/c1-3-26-21(20(23)15-24-26)16-25(2)22(27)19(18-12-8-5-9-13-18)14-17-10-6-4-7-11-17/h4-15H,3,16H2,1-2H3/b19-14-. The number of rotatable bonds is 6. The molecule has 0 radical (unpaired) electrons. The van der Waals surface area contributed by atoms with Crippen LogP contribution in [0, 0.1) is 0 Å². The largest absolute Gasteiger partial charge is 0.336 e. The Labute approximate surface area is 168 Å². The third-order valence-electron chi connectivity index (χ3n) is 4.36. The molecule has 1 amide bonds. The molecule has 27 heavy (non-hydrogen) atoms. The van der Waals surface area contributed by atoms with E-state index >= 15 is 0 Å². The normalized spacial score (nSPS) is 11.4. The Morgan fingerprint density at radius 2 is 1.74 bits per heavy atom. The summed E-state index contributed by atoms with van der Waals surface area (Å²) in [7, 11) is 1.82. The highest BCUT2D eigenvalue weighted by atomic mass is 79.9. The number of nitrogens with zero attached hydrogens (tertiary/aromatic N) is 3. The van der Waals surface area contributed by atoms with Gasteiger partial charge in [0.05, 0.1) is 22.9 Å². The highest BCUT2D eigenvalue weighted by Gasteiger charge is 2.19. The van der Waals surface area contributed by atoms with Gasteiger partial charge in [-0.15, -0.1) is 0 Å². The molecule has 0 N–H and O–H groups in total. The first-order valence-electron chi connectivity index (χ1n) is 8.88. The van der Waals surface area contributed by atoms with Crippen molar-refractivity contribution in [3.05, 3.63) is 88.2 Å². The Balaban J connectivity index is 1.93. The molecule has 1 aromatic heterocycles. The Morgan fingerprint density at radius 3 is 2.37 bits per heavy atom. The summed E-state index contributed by atoms with van der Waals surface area (Å²) in [5.74, 6) is -0.0270. The lowest BCUT2D eigenvalue weighted by molar-refractivity contribution is -0.124. The molecule has 0 saturated heterocycles. The molecule has 0 bridgehead atoms. The molecule has 0 aliphatic carbocycles. The fourth-order valence-corrected chi connectivity index (χ4v) is 3.34. The van der Waals surface area contributed by atoms with Gasteiger partial charge in [0.25, 0.3) is 5.91 Å². The Hall–Kier alpha value is -2.66. The SMILES string of the molecule is CCn1ncc(Br)c1CN(C)C(=O)/C(=C\c1ccccc1)c1ccccc1. The summed E-state index contributed by atoms with van der Waals surface area (Å²) in [6.07, 6.45) is 3.72.